The van der Waals surface area contributed by atoms with E-state index >= 15 is 0 Å². The average molecular weight is 363 g/mol. The van der Waals surface area contributed by atoms with Crippen LogP contribution in [0.3, 0.4) is 0 Å². The zero-order chi connectivity index (χ0) is 16.1. The Morgan fingerprint density at radius 3 is 2.50 bits per heavy atom. The summed E-state index contributed by atoms with van der Waals surface area (Å²) in [6.45, 7) is 1.47. The fraction of sp³-hybridized carbons (Fsp3) is 0.176. The summed E-state index contributed by atoms with van der Waals surface area (Å²) in [4.78, 5) is 23.8. The molecule has 1 unspecified atom stereocenters. The van der Waals surface area contributed by atoms with Crippen molar-refractivity contribution in [2.45, 2.75) is 13.0 Å². The molecule has 22 heavy (non-hydrogen) atoms. The fourth-order valence-electron chi connectivity index (χ4n) is 1.89. The molecular formula is C17H15BrO4. The SMILES string of the molecule is Cc1cc(C(=O)COC(=O)C(O)c2ccccc2)ccc1Br. The van der Waals surface area contributed by atoms with Crippen molar-refractivity contribution < 1.29 is 19.4 Å². The smallest absolute Gasteiger partial charge is 0.340 e. The van der Waals surface area contributed by atoms with Crippen molar-refractivity contribution >= 4 is 27.7 Å². The van der Waals surface area contributed by atoms with Gasteiger partial charge in [0, 0.05) is 10.0 Å². The molecule has 0 aliphatic carbocycles. The highest BCUT2D eigenvalue weighted by molar-refractivity contribution is 9.10. The maximum Gasteiger partial charge on any atom is 0.340 e. The van der Waals surface area contributed by atoms with E-state index in [4.69, 9.17) is 4.74 Å². The molecule has 114 valence electrons. The predicted octanol–water partition coefficient (Wildman–Crippen LogP) is 3.22. The van der Waals surface area contributed by atoms with E-state index in [0.29, 0.717) is 11.1 Å². The first kappa shape index (κ1) is 16.4. The van der Waals surface area contributed by atoms with Gasteiger partial charge in [-0.25, -0.2) is 4.79 Å². The van der Waals surface area contributed by atoms with Crippen LogP contribution in [-0.4, -0.2) is 23.5 Å². The van der Waals surface area contributed by atoms with E-state index < -0.39 is 18.7 Å². The van der Waals surface area contributed by atoms with Gasteiger partial charge in [-0.1, -0.05) is 52.3 Å². The number of carbonyl (C=O) groups is 2. The Morgan fingerprint density at radius 2 is 1.86 bits per heavy atom. The largest absolute Gasteiger partial charge is 0.455 e. The van der Waals surface area contributed by atoms with E-state index in [0.717, 1.165) is 10.0 Å². The van der Waals surface area contributed by atoms with Gasteiger partial charge in [-0.2, -0.15) is 0 Å². The number of carbonyl (C=O) groups excluding carboxylic acids is 2. The molecule has 1 N–H and O–H groups in total. The topological polar surface area (TPSA) is 63.6 Å². The summed E-state index contributed by atoms with van der Waals surface area (Å²) in [6.07, 6.45) is -1.39. The Labute approximate surface area is 136 Å². The van der Waals surface area contributed by atoms with Gasteiger partial charge in [-0.3, -0.25) is 4.79 Å². The van der Waals surface area contributed by atoms with Crippen molar-refractivity contribution in [3.05, 3.63) is 69.7 Å². The van der Waals surface area contributed by atoms with Crippen LogP contribution in [0.5, 0.6) is 0 Å². The van der Waals surface area contributed by atoms with Crippen LogP contribution in [0.2, 0.25) is 0 Å². The predicted molar refractivity (Wildman–Crippen MR) is 85.6 cm³/mol. The number of aliphatic hydroxyl groups is 1. The number of hydrogen-bond donors (Lipinski definition) is 1. The Balaban J connectivity index is 1.96. The van der Waals surface area contributed by atoms with Gasteiger partial charge in [0.1, 0.15) is 0 Å². The van der Waals surface area contributed by atoms with Crippen molar-refractivity contribution in [3.63, 3.8) is 0 Å². The van der Waals surface area contributed by atoms with E-state index in [1.165, 1.54) is 0 Å². The minimum atomic E-state index is -1.39. The summed E-state index contributed by atoms with van der Waals surface area (Å²) in [5.41, 5.74) is 1.81. The first-order chi connectivity index (χ1) is 10.5. The number of ether oxygens (including phenoxy) is 1. The van der Waals surface area contributed by atoms with Crippen molar-refractivity contribution in [1.82, 2.24) is 0 Å². The quantitative estimate of drug-likeness (QED) is 0.655. The van der Waals surface area contributed by atoms with Crippen molar-refractivity contribution in [2.24, 2.45) is 0 Å². The number of aryl methyl sites for hydroxylation is 1. The van der Waals surface area contributed by atoms with Crippen LogP contribution < -0.4 is 0 Å². The standard InChI is InChI=1S/C17H15BrO4/c1-11-9-13(7-8-14(11)18)15(19)10-22-17(21)16(20)12-5-3-2-4-6-12/h2-9,16,20H,10H2,1H3. The molecule has 4 nitrogen and oxygen atoms in total. The average Bonchev–Trinajstić information content (AvgIpc) is 2.54. The molecule has 5 heteroatoms. The first-order valence-electron chi connectivity index (χ1n) is 6.68. The number of benzene rings is 2. The summed E-state index contributed by atoms with van der Waals surface area (Å²) < 4.78 is 5.80. The van der Waals surface area contributed by atoms with Crippen LogP contribution in [0, 0.1) is 6.92 Å². The summed E-state index contributed by atoms with van der Waals surface area (Å²) in [5.74, 6) is -1.16. The number of Topliss-reactive ketones (excluding diaryl/α,β-unsaturated/α-hetero) is 1. The lowest BCUT2D eigenvalue weighted by atomic mass is 10.1. The van der Waals surface area contributed by atoms with Crippen molar-refractivity contribution in [2.75, 3.05) is 6.61 Å². The molecule has 0 amide bonds. The van der Waals surface area contributed by atoms with Gasteiger partial charge in [-0.15, -0.1) is 0 Å². The molecule has 0 radical (unpaired) electrons. The molecule has 0 aromatic heterocycles. The van der Waals surface area contributed by atoms with Gasteiger partial charge in [0.2, 0.25) is 0 Å². The summed E-state index contributed by atoms with van der Waals surface area (Å²) >= 11 is 3.36. The van der Waals surface area contributed by atoms with Crippen LogP contribution in [0.25, 0.3) is 0 Å². The van der Waals surface area contributed by atoms with Crippen molar-refractivity contribution in [1.29, 1.82) is 0 Å². The third-order valence-corrected chi connectivity index (χ3v) is 4.05. The molecule has 0 aliphatic heterocycles. The number of halogens is 1. The minimum absolute atomic E-state index is 0.316. The minimum Gasteiger partial charge on any atom is -0.455 e. The molecule has 0 aliphatic rings. The van der Waals surface area contributed by atoms with Gasteiger partial charge in [-0.05, 0) is 30.2 Å². The zero-order valence-corrected chi connectivity index (χ0v) is 13.5. The zero-order valence-electron chi connectivity index (χ0n) is 12.0. The van der Waals surface area contributed by atoms with E-state index in [-0.39, 0.29) is 5.78 Å². The maximum absolute atomic E-state index is 12.0. The molecule has 1 atom stereocenters. The lowest BCUT2D eigenvalue weighted by Crippen LogP contribution is -2.20. The highest BCUT2D eigenvalue weighted by Gasteiger charge is 2.20. The Morgan fingerprint density at radius 1 is 1.18 bits per heavy atom. The highest BCUT2D eigenvalue weighted by atomic mass is 79.9. The molecule has 2 rings (SSSR count). The van der Waals surface area contributed by atoms with E-state index in [1.54, 1.807) is 48.5 Å². The van der Waals surface area contributed by atoms with Gasteiger partial charge < -0.3 is 9.84 Å². The van der Waals surface area contributed by atoms with Gasteiger partial charge in [0.25, 0.3) is 0 Å². The molecule has 2 aromatic rings. The lowest BCUT2D eigenvalue weighted by Gasteiger charge is -2.10. The Kier molecular flexibility index (Phi) is 5.46. The number of ketones is 1. The summed E-state index contributed by atoms with van der Waals surface area (Å²) in [6, 6.07) is 13.6. The summed E-state index contributed by atoms with van der Waals surface area (Å²) in [7, 11) is 0. The summed E-state index contributed by atoms with van der Waals surface area (Å²) in [5, 5.41) is 9.86. The second kappa shape index (κ2) is 7.33. The van der Waals surface area contributed by atoms with E-state index in [1.807, 2.05) is 6.92 Å². The van der Waals surface area contributed by atoms with Crippen LogP contribution in [0.4, 0.5) is 0 Å². The molecule has 0 saturated heterocycles. The molecule has 0 fully saturated rings. The number of rotatable bonds is 5. The maximum atomic E-state index is 12.0. The third kappa shape index (κ3) is 4.02. The molecule has 0 bridgehead atoms. The molecule has 0 saturated carbocycles. The van der Waals surface area contributed by atoms with Crippen LogP contribution >= 0.6 is 15.9 Å². The molecule has 0 heterocycles. The Hall–Kier alpha value is -1.98. The second-order valence-corrected chi connectivity index (χ2v) is 5.66. The normalized spacial score (nSPS) is 11.8. The van der Waals surface area contributed by atoms with Crippen LogP contribution in [0.1, 0.15) is 27.6 Å². The van der Waals surface area contributed by atoms with Gasteiger partial charge in [0.05, 0.1) is 0 Å². The van der Waals surface area contributed by atoms with Crippen molar-refractivity contribution in [3.8, 4) is 0 Å². The molecule has 0 spiro atoms. The monoisotopic (exact) mass is 362 g/mol. The lowest BCUT2D eigenvalue weighted by molar-refractivity contribution is -0.152. The van der Waals surface area contributed by atoms with Crippen LogP contribution in [-0.2, 0) is 9.53 Å². The molecule has 2 aromatic carbocycles. The van der Waals surface area contributed by atoms with Gasteiger partial charge >= 0.3 is 5.97 Å². The molecular weight excluding hydrogens is 348 g/mol. The number of aliphatic hydroxyl groups excluding tert-OH is 1. The highest BCUT2D eigenvalue weighted by Crippen LogP contribution is 2.18. The van der Waals surface area contributed by atoms with E-state index in [9.17, 15) is 14.7 Å². The van der Waals surface area contributed by atoms with Gasteiger partial charge in [0.15, 0.2) is 18.5 Å². The first-order valence-corrected chi connectivity index (χ1v) is 7.47. The third-order valence-electron chi connectivity index (χ3n) is 3.16. The second-order valence-electron chi connectivity index (χ2n) is 4.81. The van der Waals surface area contributed by atoms with Crippen LogP contribution in [0.15, 0.2) is 53.0 Å². The Bertz CT molecular complexity index is 682. The fourth-order valence-corrected chi connectivity index (χ4v) is 2.14. The number of hydrogen-bond acceptors (Lipinski definition) is 4. The number of esters is 1. The van der Waals surface area contributed by atoms with E-state index in [2.05, 4.69) is 15.9 Å².